The van der Waals surface area contributed by atoms with Gasteiger partial charge in [-0.1, -0.05) is 18.0 Å². The average Bonchev–Trinajstić information content (AvgIpc) is 3.49. The van der Waals surface area contributed by atoms with Crippen LogP contribution in [0.25, 0.3) is 16.8 Å². The summed E-state index contributed by atoms with van der Waals surface area (Å²) in [4.78, 5) is 30.7. The van der Waals surface area contributed by atoms with Gasteiger partial charge in [-0.3, -0.25) is 9.59 Å². The number of rotatable bonds is 4. The number of nitrogens with one attached hydrogen (secondary N) is 2. The zero-order chi connectivity index (χ0) is 25.7. The van der Waals surface area contributed by atoms with Crippen LogP contribution in [-0.2, 0) is 4.79 Å². The lowest BCUT2D eigenvalue weighted by Gasteiger charge is -2.26. The number of carbonyl (C=O) groups excluding carboxylic acids is 2. The number of anilines is 1. The molecule has 188 valence electrons. The first-order valence-electron chi connectivity index (χ1n) is 12.2. The van der Waals surface area contributed by atoms with E-state index in [0.717, 1.165) is 24.8 Å². The first kappa shape index (κ1) is 23.6. The fourth-order valence-corrected chi connectivity index (χ4v) is 5.59. The molecule has 1 saturated carbocycles. The molecule has 4 aromatic rings. The van der Waals surface area contributed by atoms with Gasteiger partial charge in [-0.15, -0.1) is 0 Å². The van der Waals surface area contributed by atoms with Crippen molar-refractivity contribution in [2.24, 2.45) is 11.7 Å². The lowest BCUT2D eigenvalue weighted by Crippen LogP contribution is -2.34. The second kappa shape index (κ2) is 9.24. The molecule has 1 aliphatic carbocycles. The minimum atomic E-state index is -0.721. The number of carbonyl (C=O) groups is 2. The first-order chi connectivity index (χ1) is 17.9. The minimum Gasteiger partial charge on any atom is -0.341 e. The van der Waals surface area contributed by atoms with Crippen molar-refractivity contribution >= 4 is 34.7 Å². The molecule has 1 fully saturated rings. The van der Waals surface area contributed by atoms with E-state index in [1.54, 1.807) is 10.6 Å². The smallest absolute Gasteiger partial charge is 0.252 e. The van der Waals surface area contributed by atoms with E-state index >= 15 is 0 Å². The predicted octanol–water partition coefficient (Wildman–Crippen LogP) is 4.48. The second-order valence-electron chi connectivity index (χ2n) is 9.65. The quantitative estimate of drug-likeness (QED) is 0.368. The highest BCUT2D eigenvalue weighted by Gasteiger charge is 2.36. The Morgan fingerprint density at radius 2 is 2.03 bits per heavy atom. The van der Waals surface area contributed by atoms with Crippen LogP contribution >= 0.6 is 11.6 Å². The number of nitrogens with zero attached hydrogens (tertiary/aromatic N) is 3. The zero-order valence-electron chi connectivity index (χ0n) is 19.7. The molecule has 37 heavy (non-hydrogen) atoms. The molecule has 6 rings (SSSR count). The maximum atomic E-state index is 14.2. The molecule has 8 nitrogen and oxygen atoms in total. The van der Waals surface area contributed by atoms with Gasteiger partial charge in [0.1, 0.15) is 12.1 Å². The second-order valence-corrected chi connectivity index (χ2v) is 10.1. The lowest BCUT2D eigenvalue weighted by atomic mass is 9.85. The highest BCUT2D eigenvalue weighted by molar-refractivity contribution is 6.31. The van der Waals surface area contributed by atoms with Crippen LogP contribution in [0.4, 0.5) is 10.1 Å². The Morgan fingerprint density at radius 3 is 2.86 bits per heavy atom. The van der Waals surface area contributed by atoms with Crippen molar-refractivity contribution in [3.05, 3.63) is 82.5 Å². The number of halogens is 2. The van der Waals surface area contributed by atoms with Crippen molar-refractivity contribution < 1.29 is 14.0 Å². The molecule has 0 bridgehead atoms. The van der Waals surface area contributed by atoms with Crippen LogP contribution < -0.4 is 16.4 Å². The molecule has 0 saturated heterocycles. The van der Waals surface area contributed by atoms with Gasteiger partial charge in [0.15, 0.2) is 5.65 Å². The largest absolute Gasteiger partial charge is 0.341 e. The Kier molecular flexibility index (Phi) is 5.89. The van der Waals surface area contributed by atoms with E-state index < -0.39 is 11.9 Å². The minimum absolute atomic E-state index is 0.0157. The van der Waals surface area contributed by atoms with Gasteiger partial charge < -0.3 is 16.4 Å². The number of amides is 2. The van der Waals surface area contributed by atoms with E-state index in [9.17, 15) is 14.0 Å². The molecule has 0 radical (unpaired) electrons. The van der Waals surface area contributed by atoms with Crippen molar-refractivity contribution in [3.8, 4) is 11.1 Å². The van der Waals surface area contributed by atoms with Crippen molar-refractivity contribution in [1.82, 2.24) is 19.9 Å². The molecule has 0 spiro atoms. The van der Waals surface area contributed by atoms with Crippen LogP contribution in [0.1, 0.15) is 53.2 Å². The average molecular weight is 519 g/mol. The van der Waals surface area contributed by atoms with E-state index in [0.29, 0.717) is 45.0 Å². The van der Waals surface area contributed by atoms with E-state index in [1.165, 1.54) is 24.5 Å². The number of hydrogen-bond acceptors (Lipinski definition) is 5. The number of fused-ring (bicyclic) bond motifs is 2. The molecule has 4 N–H and O–H groups in total. The maximum absolute atomic E-state index is 14.2. The molecule has 2 amide bonds. The molecule has 3 atom stereocenters. The summed E-state index contributed by atoms with van der Waals surface area (Å²) in [5.41, 5.74) is 10.1. The Balaban J connectivity index is 1.48. The highest BCUT2D eigenvalue weighted by Crippen LogP contribution is 2.42. The van der Waals surface area contributed by atoms with Crippen molar-refractivity contribution in [3.63, 3.8) is 0 Å². The molecule has 1 unspecified atom stereocenters. The topological polar surface area (TPSA) is 114 Å². The van der Waals surface area contributed by atoms with Gasteiger partial charge in [-0.25, -0.2) is 13.9 Å². The predicted molar refractivity (Wildman–Crippen MR) is 138 cm³/mol. The number of pyridine rings is 1. The standard InChI is InChI=1S/C27H24ClFN6O2/c28-21-6-5-17(29)11-19(21)25-24-20(27(37)34-25)9-16(15-4-7-23-31-13-32-35(23)12-15)10-22(24)33-26(36)14-2-1-3-18(30)8-14/h4-7,9-14,18,25H,1-3,8,30H2,(H,33,36)(H,34,37)/t14-,18+,25?/m0/s1. The highest BCUT2D eigenvalue weighted by atomic mass is 35.5. The molecular weight excluding hydrogens is 495 g/mol. The summed E-state index contributed by atoms with van der Waals surface area (Å²) in [5.74, 6) is -1.18. The van der Waals surface area contributed by atoms with Gasteiger partial charge in [0.05, 0.1) is 6.04 Å². The van der Waals surface area contributed by atoms with Crippen LogP contribution in [0.2, 0.25) is 5.02 Å². The Morgan fingerprint density at radius 1 is 1.16 bits per heavy atom. The summed E-state index contributed by atoms with van der Waals surface area (Å²) in [6.07, 6.45) is 6.41. The van der Waals surface area contributed by atoms with Gasteiger partial charge in [0.25, 0.3) is 5.91 Å². The molecular formula is C27H24ClFN6O2. The van der Waals surface area contributed by atoms with E-state index in [-0.39, 0.29) is 23.8 Å². The number of benzene rings is 2. The van der Waals surface area contributed by atoms with Gasteiger partial charge in [0.2, 0.25) is 5.91 Å². The van der Waals surface area contributed by atoms with Crippen molar-refractivity contribution in [2.45, 2.75) is 37.8 Å². The SMILES string of the molecule is N[C@@H]1CCC[C@H](C(=O)Nc2cc(-c3ccc4ncnn4c3)cc3c2C(c2cc(F)ccc2Cl)NC3=O)C1. The zero-order valence-corrected chi connectivity index (χ0v) is 20.5. The van der Waals surface area contributed by atoms with Gasteiger partial charge in [0, 0.05) is 51.1 Å². The van der Waals surface area contributed by atoms with Gasteiger partial charge in [-0.05, 0) is 67.3 Å². The van der Waals surface area contributed by atoms with Gasteiger partial charge in [-0.2, -0.15) is 5.10 Å². The lowest BCUT2D eigenvalue weighted by molar-refractivity contribution is -0.120. The van der Waals surface area contributed by atoms with Crippen molar-refractivity contribution in [2.75, 3.05) is 5.32 Å². The third-order valence-electron chi connectivity index (χ3n) is 7.21. The van der Waals surface area contributed by atoms with E-state index in [2.05, 4.69) is 20.7 Å². The van der Waals surface area contributed by atoms with Crippen LogP contribution in [0.5, 0.6) is 0 Å². The monoisotopic (exact) mass is 518 g/mol. The summed E-state index contributed by atoms with van der Waals surface area (Å²) < 4.78 is 15.8. The fourth-order valence-electron chi connectivity index (χ4n) is 5.36. The molecule has 2 aliphatic rings. The summed E-state index contributed by atoms with van der Waals surface area (Å²) >= 11 is 6.42. The van der Waals surface area contributed by atoms with Crippen molar-refractivity contribution in [1.29, 1.82) is 0 Å². The molecule has 2 aromatic heterocycles. The molecule has 2 aromatic carbocycles. The van der Waals surface area contributed by atoms with Gasteiger partial charge >= 0.3 is 0 Å². The molecule has 1 aliphatic heterocycles. The normalized spacial score (nSPS) is 21.1. The molecule has 10 heteroatoms. The fraction of sp³-hybridized carbons (Fsp3) is 0.259. The van der Waals surface area contributed by atoms with Crippen LogP contribution in [-0.4, -0.2) is 32.5 Å². The summed E-state index contributed by atoms with van der Waals surface area (Å²) in [7, 11) is 0. The summed E-state index contributed by atoms with van der Waals surface area (Å²) in [6, 6.07) is 10.6. The Bertz CT molecular complexity index is 1550. The van der Waals surface area contributed by atoms with E-state index in [1.807, 2.05) is 24.4 Å². The summed E-state index contributed by atoms with van der Waals surface area (Å²) in [6.45, 7) is 0. The van der Waals surface area contributed by atoms with Crippen LogP contribution in [0, 0.1) is 11.7 Å². The van der Waals surface area contributed by atoms with E-state index in [4.69, 9.17) is 17.3 Å². The number of hydrogen-bond donors (Lipinski definition) is 3. The van der Waals surface area contributed by atoms with Crippen LogP contribution in [0.15, 0.2) is 55.0 Å². The third kappa shape index (κ3) is 4.34. The first-order valence-corrected chi connectivity index (χ1v) is 12.5. The number of aromatic nitrogens is 3. The maximum Gasteiger partial charge on any atom is 0.252 e. The third-order valence-corrected chi connectivity index (χ3v) is 7.55. The Hall–Kier alpha value is -3.82. The Labute approximate surface area is 217 Å². The molecule has 3 heterocycles. The number of nitrogens with two attached hydrogens (primary N) is 1. The summed E-state index contributed by atoms with van der Waals surface area (Å²) in [5, 5.41) is 10.5. The van der Waals surface area contributed by atoms with Crippen LogP contribution in [0.3, 0.4) is 0 Å².